The largest absolute Gasteiger partial charge is 0.504 e. The van der Waals surface area contributed by atoms with Crippen LogP contribution in [0.5, 0.6) is 11.5 Å². The summed E-state index contributed by atoms with van der Waals surface area (Å²) in [6, 6.07) is 10.8. The fraction of sp³-hybridized carbons (Fsp3) is 0.351. The van der Waals surface area contributed by atoms with Gasteiger partial charge < -0.3 is 14.6 Å². The van der Waals surface area contributed by atoms with Crippen LogP contribution in [0.1, 0.15) is 36.8 Å². The number of aromatic nitrogens is 2. The van der Waals surface area contributed by atoms with Crippen molar-refractivity contribution >= 4 is 91.2 Å². The van der Waals surface area contributed by atoms with Gasteiger partial charge in [-0.2, -0.15) is 10.00 Å². The molecule has 0 radical (unpaired) electrons. The number of phenols is 1. The first-order valence-electron chi connectivity index (χ1n) is 16.6. The summed E-state index contributed by atoms with van der Waals surface area (Å²) in [5.41, 5.74) is 1.56. The van der Waals surface area contributed by atoms with Crippen LogP contribution in [-0.2, 0) is 31.0 Å². The smallest absolute Gasteiger partial charge is 0.423 e. The maximum atomic E-state index is 15.1. The molecule has 2 aromatic heterocycles. The van der Waals surface area contributed by atoms with Crippen LogP contribution in [0.15, 0.2) is 48.0 Å². The summed E-state index contributed by atoms with van der Waals surface area (Å²) in [4.78, 5) is 72.4. The molecule has 52 heavy (non-hydrogen) atoms. The molecule has 4 aromatic rings. The second kappa shape index (κ2) is 12.1. The van der Waals surface area contributed by atoms with E-state index < -0.39 is 64.7 Å². The van der Waals surface area contributed by atoms with Gasteiger partial charge in [-0.1, -0.05) is 23.3 Å². The summed E-state index contributed by atoms with van der Waals surface area (Å²) in [6.07, 6.45) is 1.09. The molecule has 6 atom stereocenters. The number of hydrogen-bond donors (Lipinski definition) is 1. The number of carbonyl (C=O) groups is 5. The van der Waals surface area contributed by atoms with E-state index in [1.807, 2.05) is 53.8 Å². The van der Waals surface area contributed by atoms with Crippen LogP contribution in [0.2, 0.25) is 5.02 Å². The standard InChI is InChI=1S/C37H32ClIN4O8S/c1-15-20-12-17(38)6-9-26(20)52-31(15)24-14-27(41(3)40-24)42-33(46)22-13-21-18(7-8-19-28(21)34(47)43(32(19)45)36(49)51-5)29(37(22,2)35(42)48)16-10-23(39)30(44)25(11-16)50-4/h6-7,9-12,14,19,21-22,28-29,44H,8,13H2,1-5H3/t19-,21+,22-,28-,29-,37+/m0/s1. The molecule has 8 rings (SSSR count). The maximum absolute atomic E-state index is 15.1. The Balaban J connectivity index is 1.27. The molecule has 5 amide bonds. The predicted octanol–water partition coefficient (Wildman–Crippen LogP) is 6.58. The summed E-state index contributed by atoms with van der Waals surface area (Å²) in [5.74, 6) is -5.84. The van der Waals surface area contributed by atoms with Crippen molar-refractivity contribution in [3.63, 3.8) is 0 Å². The van der Waals surface area contributed by atoms with E-state index in [2.05, 4.69) is 0 Å². The zero-order valence-corrected chi connectivity index (χ0v) is 32.3. The number of aryl methyl sites for hydroxylation is 2. The minimum atomic E-state index is -1.35. The zero-order valence-electron chi connectivity index (χ0n) is 28.6. The van der Waals surface area contributed by atoms with Gasteiger partial charge >= 0.3 is 6.09 Å². The van der Waals surface area contributed by atoms with Gasteiger partial charge in [0.05, 0.1) is 45.8 Å². The first-order chi connectivity index (χ1) is 24.7. The molecule has 1 saturated carbocycles. The molecule has 1 N–H and O–H groups in total. The van der Waals surface area contributed by atoms with Gasteiger partial charge in [0.25, 0.3) is 0 Å². The third kappa shape index (κ3) is 4.68. The highest BCUT2D eigenvalue weighted by Gasteiger charge is 2.68. The van der Waals surface area contributed by atoms with Crippen molar-refractivity contribution in [2.75, 3.05) is 19.1 Å². The summed E-state index contributed by atoms with van der Waals surface area (Å²) in [5, 5.41) is 17.1. The van der Waals surface area contributed by atoms with E-state index in [0.717, 1.165) is 33.2 Å². The number of thiophene rings is 1. The Morgan fingerprint density at radius 2 is 1.83 bits per heavy atom. The van der Waals surface area contributed by atoms with Crippen LogP contribution in [0.3, 0.4) is 0 Å². The molecule has 0 spiro atoms. The minimum Gasteiger partial charge on any atom is -0.504 e. The Hall–Kier alpha value is -4.28. The highest BCUT2D eigenvalue weighted by Crippen LogP contribution is 2.64. The van der Waals surface area contributed by atoms with Crippen molar-refractivity contribution in [3.05, 3.63) is 67.8 Å². The Bertz CT molecular complexity index is 2330. The van der Waals surface area contributed by atoms with Crippen LogP contribution < -0.4 is 9.64 Å². The zero-order chi connectivity index (χ0) is 37.1. The molecule has 4 heterocycles. The molecule has 2 aromatic carbocycles. The molecule has 268 valence electrons. The number of aromatic hydroxyl groups is 1. The first-order valence-corrected chi connectivity index (χ1v) is 18.8. The lowest BCUT2D eigenvalue weighted by Crippen LogP contribution is -2.49. The lowest BCUT2D eigenvalue weighted by molar-refractivity contribution is -0.138. The van der Waals surface area contributed by atoms with Crippen LogP contribution in [0, 0.1) is 39.6 Å². The van der Waals surface area contributed by atoms with E-state index >= 15 is 4.79 Å². The van der Waals surface area contributed by atoms with Crippen molar-refractivity contribution in [1.82, 2.24) is 14.7 Å². The first kappa shape index (κ1) is 34.8. The van der Waals surface area contributed by atoms with Crippen molar-refractivity contribution in [2.24, 2.45) is 36.1 Å². The number of benzene rings is 2. The summed E-state index contributed by atoms with van der Waals surface area (Å²) >= 11 is 9.83. The van der Waals surface area contributed by atoms with Gasteiger partial charge in [0.2, 0.25) is 23.6 Å². The fourth-order valence-electron chi connectivity index (χ4n) is 9.02. The lowest BCUT2D eigenvalue weighted by atomic mass is 9.51. The molecule has 12 nitrogen and oxygen atoms in total. The van der Waals surface area contributed by atoms with E-state index in [-0.39, 0.29) is 24.3 Å². The number of fused-ring (bicyclic) bond motifs is 5. The van der Waals surface area contributed by atoms with Crippen molar-refractivity contribution in [1.29, 1.82) is 0 Å². The molecule has 3 fully saturated rings. The number of imide groups is 4. The molecule has 4 aliphatic rings. The highest BCUT2D eigenvalue weighted by atomic mass is 127. The van der Waals surface area contributed by atoms with Gasteiger partial charge in [0.15, 0.2) is 11.5 Å². The number of hydrogen-bond acceptors (Lipinski definition) is 10. The van der Waals surface area contributed by atoms with Gasteiger partial charge in [-0.05, 0) is 102 Å². The highest BCUT2D eigenvalue weighted by molar-refractivity contribution is 14.1. The van der Waals surface area contributed by atoms with E-state index in [9.17, 15) is 24.3 Å². The summed E-state index contributed by atoms with van der Waals surface area (Å²) in [6.45, 7) is 3.76. The number of ether oxygens (including phenoxy) is 2. The Morgan fingerprint density at radius 3 is 2.54 bits per heavy atom. The number of carbonyl (C=O) groups excluding carboxylic acids is 5. The second-order valence-electron chi connectivity index (χ2n) is 13.9. The van der Waals surface area contributed by atoms with Crippen LogP contribution in [-0.4, -0.2) is 63.7 Å². The lowest BCUT2D eigenvalue weighted by Gasteiger charge is -2.49. The Labute approximate surface area is 320 Å². The average Bonchev–Trinajstić information content (AvgIpc) is 3.79. The quantitative estimate of drug-likeness (QED) is 0.137. The SMILES string of the molecule is COC(=O)N1C(=O)[C@H]2[C@H](CC=C3[C@H]2C[C@H]2C(=O)N(c4cc(-c5sc6ccc(Cl)cc6c5C)nn4C)C(=O)[C@@]2(C)[C@H]3c2cc(I)c(O)c(OC)c2)C1=O. The third-order valence-corrected chi connectivity index (χ3v) is 13.8. The van der Waals surface area contributed by atoms with Gasteiger partial charge in [-0.3, -0.25) is 23.9 Å². The third-order valence-electron chi connectivity index (χ3n) is 11.5. The number of amides is 5. The van der Waals surface area contributed by atoms with E-state index in [0.29, 0.717) is 30.6 Å². The monoisotopic (exact) mass is 854 g/mol. The number of rotatable bonds is 4. The number of phenolic OH excluding ortho intramolecular Hbond substituents is 1. The van der Waals surface area contributed by atoms with Gasteiger partial charge in [-0.15, -0.1) is 11.3 Å². The number of halogens is 2. The molecular formula is C37H32ClIN4O8S. The molecular weight excluding hydrogens is 823 g/mol. The van der Waals surface area contributed by atoms with Crippen LogP contribution >= 0.6 is 45.5 Å². The molecule has 0 unspecified atom stereocenters. The van der Waals surface area contributed by atoms with Crippen molar-refractivity contribution in [3.8, 4) is 22.1 Å². The van der Waals surface area contributed by atoms with E-state index in [4.69, 9.17) is 26.2 Å². The molecule has 2 saturated heterocycles. The molecule has 2 aliphatic carbocycles. The number of anilines is 1. The fourth-order valence-corrected chi connectivity index (χ4v) is 11.0. The Kier molecular flexibility index (Phi) is 8.12. The van der Waals surface area contributed by atoms with Crippen molar-refractivity contribution < 1.29 is 38.6 Å². The topological polar surface area (TPSA) is 148 Å². The minimum absolute atomic E-state index is 0.0689. The number of likely N-dealkylation sites (tertiary alicyclic amines) is 1. The molecule has 15 heteroatoms. The van der Waals surface area contributed by atoms with Crippen molar-refractivity contribution in [2.45, 2.75) is 32.6 Å². The van der Waals surface area contributed by atoms with Gasteiger partial charge in [0, 0.05) is 28.8 Å². The van der Waals surface area contributed by atoms with Gasteiger partial charge in [-0.25, -0.2) is 9.69 Å². The normalized spacial score (nSPS) is 26.8. The molecule has 2 aliphatic heterocycles. The van der Waals surface area contributed by atoms with Gasteiger partial charge in [0.1, 0.15) is 11.5 Å². The van der Waals surface area contributed by atoms with Crippen LogP contribution in [0.4, 0.5) is 10.6 Å². The number of methoxy groups -OCH3 is 2. The number of allylic oxidation sites excluding steroid dienone is 2. The Morgan fingerprint density at radius 1 is 1.08 bits per heavy atom. The van der Waals surface area contributed by atoms with E-state index in [1.165, 1.54) is 16.7 Å². The second-order valence-corrected chi connectivity index (χ2v) is 16.6. The predicted molar refractivity (Wildman–Crippen MR) is 200 cm³/mol. The summed E-state index contributed by atoms with van der Waals surface area (Å²) < 4.78 is 13.3. The average molecular weight is 855 g/mol. The summed E-state index contributed by atoms with van der Waals surface area (Å²) in [7, 11) is 4.22. The molecule has 0 bridgehead atoms. The van der Waals surface area contributed by atoms with E-state index in [1.54, 1.807) is 43.5 Å². The number of nitrogens with zero attached hydrogens (tertiary/aromatic N) is 4. The van der Waals surface area contributed by atoms with Crippen LogP contribution in [0.25, 0.3) is 20.7 Å². The maximum Gasteiger partial charge on any atom is 0.423 e.